The van der Waals surface area contributed by atoms with Crippen molar-refractivity contribution in [3.63, 3.8) is 0 Å². The van der Waals surface area contributed by atoms with Crippen LogP contribution in [0.15, 0.2) is 24.3 Å². The molecule has 158 valence electrons. The highest BCUT2D eigenvalue weighted by atomic mass is 35.5. The third kappa shape index (κ3) is 4.12. The van der Waals surface area contributed by atoms with Gasteiger partial charge in [-0.25, -0.2) is 9.69 Å². The quantitative estimate of drug-likeness (QED) is 0.564. The molecular weight excluding hydrogens is 394 g/mol. The van der Waals surface area contributed by atoms with Crippen LogP contribution in [0.5, 0.6) is 0 Å². The van der Waals surface area contributed by atoms with Gasteiger partial charge in [-0.2, -0.15) is 0 Å². The number of amides is 3. The number of hydrogen-bond acceptors (Lipinski definition) is 5. The number of imide groups is 1. The van der Waals surface area contributed by atoms with Crippen molar-refractivity contribution >= 4 is 29.5 Å². The Labute approximate surface area is 176 Å². The highest BCUT2D eigenvalue weighted by Gasteiger charge is 2.58. The van der Waals surface area contributed by atoms with Crippen molar-refractivity contribution in [1.29, 1.82) is 0 Å². The predicted octanol–water partition coefficient (Wildman–Crippen LogP) is 3.02. The van der Waals surface area contributed by atoms with E-state index < -0.39 is 17.5 Å². The van der Waals surface area contributed by atoms with Crippen LogP contribution in [-0.2, 0) is 20.9 Å². The number of rotatable bonds is 6. The Bertz CT molecular complexity index is 790. The van der Waals surface area contributed by atoms with Gasteiger partial charge in [0, 0.05) is 11.6 Å². The number of nitrogens with zero attached hydrogens (tertiary/aromatic N) is 2. The number of methoxy groups -OCH3 is 1. The third-order valence-electron chi connectivity index (χ3n) is 6.26. The predicted molar refractivity (Wildman–Crippen MR) is 109 cm³/mol. The zero-order chi connectivity index (χ0) is 21.2. The molecule has 1 N–H and O–H groups in total. The molecule has 1 saturated carbocycles. The van der Waals surface area contributed by atoms with Gasteiger partial charge in [0.15, 0.2) is 0 Å². The molecule has 8 heteroatoms. The maximum absolute atomic E-state index is 13.4. The van der Waals surface area contributed by atoms with Crippen LogP contribution in [0.3, 0.4) is 0 Å². The number of benzene rings is 1. The lowest BCUT2D eigenvalue weighted by atomic mass is 9.67. The van der Waals surface area contributed by atoms with Crippen LogP contribution in [0.25, 0.3) is 0 Å². The number of carbonyl (C=O) groups excluding carboxylic acids is 3. The van der Waals surface area contributed by atoms with Crippen LogP contribution in [0, 0.1) is 11.8 Å². The molecule has 1 aliphatic heterocycles. The molecule has 1 aliphatic carbocycles. The van der Waals surface area contributed by atoms with Crippen molar-refractivity contribution < 1.29 is 19.1 Å². The van der Waals surface area contributed by atoms with E-state index in [1.54, 1.807) is 11.0 Å². The maximum atomic E-state index is 13.4. The summed E-state index contributed by atoms with van der Waals surface area (Å²) in [7, 11) is 1.31. The largest absolute Gasteiger partial charge is 0.468 e. The Morgan fingerprint density at radius 2 is 1.93 bits per heavy atom. The molecule has 1 saturated heterocycles. The number of nitrogens with one attached hydrogen (secondary N) is 1. The average molecular weight is 422 g/mol. The Kier molecular flexibility index (Phi) is 6.49. The van der Waals surface area contributed by atoms with Gasteiger partial charge < -0.3 is 10.1 Å². The molecule has 1 heterocycles. The molecule has 3 rings (SSSR count). The summed E-state index contributed by atoms with van der Waals surface area (Å²) in [6, 6.07) is 6.88. The molecular formula is C21H28ClN3O4. The minimum atomic E-state index is -0.864. The van der Waals surface area contributed by atoms with Crippen LogP contribution in [0.4, 0.5) is 4.79 Å². The van der Waals surface area contributed by atoms with Crippen LogP contribution in [0.2, 0.25) is 5.02 Å². The molecule has 0 radical (unpaired) electrons. The van der Waals surface area contributed by atoms with E-state index in [1.807, 2.05) is 32.0 Å². The van der Waals surface area contributed by atoms with Crippen LogP contribution < -0.4 is 5.32 Å². The van der Waals surface area contributed by atoms with Crippen molar-refractivity contribution in [3.8, 4) is 0 Å². The summed E-state index contributed by atoms with van der Waals surface area (Å²) < 4.78 is 4.79. The van der Waals surface area contributed by atoms with Crippen molar-refractivity contribution in [2.75, 3.05) is 20.3 Å². The highest BCUT2D eigenvalue weighted by molar-refractivity contribution is 6.31. The van der Waals surface area contributed by atoms with E-state index in [1.165, 1.54) is 12.0 Å². The number of ether oxygens (including phenoxy) is 1. The summed E-state index contributed by atoms with van der Waals surface area (Å²) in [6.07, 6.45) is 2.85. The summed E-state index contributed by atoms with van der Waals surface area (Å²) in [4.78, 5) is 41.0. The number of halogens is 1. The summed E-state index contributed by atoms with van der Waals surface area (Å²) >= 11 is 6.26. The summed E-state index contributed by atoms with van der Waals surface area (Å²) in [5, 5.41) is 3.55. The molecule has 2 fully saturated rings. The van der Waals surface area contributed by atoms with Gasteiger partial charge >= 0.3 is 12.0 Å². The monoisotopic (exact) mass is 421 g/mol. The van der Waals surface area contributed by atoms with Crippen LogP contribution in [0.1, 0.15) is 38.7 Å². The standard InChI is InChI=1S/C21H28ClN3O4/c1-14-7-6-8-15(2)21(14)19(27)25(20(28)23-21)13-24(12-18(26)29-3)11-16-9-4-5-10-17(16)22/h4-5,9-10,14-15H,6-8,11-13H2,1-3H3,(H,23,28)/t14-,15+,21?. The van der Waals surface area contributed by atoms with E-state index in [4.69, 9.17) is 16.3 Å². The molecule has 1 aromatic carbocycles. The van der Waals surface area contributed by atoms with E-state index in [2.05, 4.69) is 5.32 Å². The lowest BCUT2D eigenvalue weighted by molar-refractivity contribution is -0.145. The summed E-state index contributed by atoms with van der Waals surface area (Å²) in [6.45, 7) is 4.29. The van der Waals surface area contributed by atoms with E-state index in [0.717, 1.165) is 24.8 Å². The Morgan fingerprint density at radius 1 is 1.28 bits per heavy atom. The van der Waals surface area contributed by atoms with E-state index in [9.17, 15) is 14.4 Å². The number of urea groups is 1. The first kappa shape index (κ1) is 21.6. The van der Waals surface area contributed by atoms with Crippen LogP contribution >= 0.6 is 11.6 Å². The molecule has 3 amide bonds. The molecule has 2 aliphatic rings. The summed E-state index contributed by atoms with van der Waals surface area (Å²) in [5.74, 6) is -0.537. The van der Waals surface area contributed by atoms with Gasteiger partial charge in [0.25, 0.3) is 5.91 Å². The molecule has 7 nitrogen and oxygen atoms in total. The first-order valence-corrected chi connectivity index (χ1v) is 10.3. The van der Waals surface area contributed by atoms with Gasteiger partial charge in [0.05, 0.1) is 20.3 Å². The SMILES string of the molecule is COC(=O)CN(Cc1ccccc1Cl)CN1C(=O)NC2(C1=O)[C@H](C)CCC[C@@H]2C. The number of hydrogen-bond donors (Lipinski definition) is 1. The highest BCUT2D eigenvalue weighted by Crippen LogP contribution is 2.42. The van der Waals surface area contributed by atoms with E-state index in [0.29, 0.717) is 11.6 Å². The normalized spacial score (nSPS) is 26.9. The molecule has 29 heavy (non-hydrogen) atoms. The van der Waals surface area contributed by atoms with Crippen LogP contribution in [-0.4, -0.2) is 53.6 Å². The molecule has 1 aromatic rings. The summed E-state index contributed by atoms with van der Waals surface area (Å²) in [5.41, 5.74) is -0.0596. The van der Waals surface area contributed by atoms with E-state index >= 15 is 0 Å². The van der Waals surface area contributed by atoms with E-state index in [-0.39, 0.29) is 31.0 Å². The van der Waals surface area contributed by atoms with Gasteiger partial charge in [0.1, 0.15) is 5.54 Å². The number of carbonyl (C=O) groups is 3. The minimum Gasteiger partial charge on any atom is -0.468 e. The molecule has 0 aromatic heterocycles. The fraction of sp³-hybridized carbons (Fsp3) is 0.571. The van der Waals surface area contributed by atoms with Gasteiger partial charge in [-0.05, 0) is 36.3 Å². The Hall–Kier alpha value is -2.12. The Morgan fingerprint density at radius 3 is 2.55 bits per heavy atom. The second-order valence-electron chi connectivity index (χ2n) is 8.06. The molecule has 1 spiro atoms. The fourth-order valence-electron chi connectivity index (χ4n) is 4.55. The second-order valence-corrected chi connectivity index (χ2v) is 8.47. The minimum absolute atomic E-state index is 0.00776. The zero-order valence-corrected chi connectivity index (χ0v) is 17.9. The Balaban J connectivity index is 1.83. The van der Waals surface area contributed by atoms with Crippen molar-refractivity contribution in [1.82, 2.24) is 15.1 Å². The fourth-order valence-corrected chi connectivity index (χ4v) is 4.75. The molecule has 1 unspecified atom stereocenters. The molecule has 3 atom stereocenters. The first-order valence-electron chi connectivity index (χ1n) is 9.96. The van der Waals surface area contributed by atoms with Gasteiger partial charge in [-0.1, -0.05) is 50.1 Å². The van der Waals surface area contributed by atoms with Crippen molar-refractivity contribution in [2.24, 2.45) is 11.8 Å². The zero-order valence-electron chi connectivity index (χ0n) is 17.1. The second kappa shape index (κ2) is 8.71. The molecule has 0 bridgehead atoms. The van der Waals surface area contributed by atoms with Gasteiger partial charge in [-0.3, -0.25) is 14.5 Å². The maximum Gasteiger partial charge on any atom is 0.326 e. The van der Waals surface area contributed by atoms with Crippen molar-refractivity contribution in [2.45, 2.75) is 45.2 Å². The average Bonchev–Trinajstić information content (AvgIpc) is 2.93. The lowest BCUT2D eigenvalue weighted by Gasteiger charge is -2.42. The smallest absolute Gasteiger partial charge is 0.326 e. The number of esters is 1. The van der Waals surface area contributed by atoms with Gasteiger partial charge in [0.2, 0.25) is 0 Å². The van der Waals surface area contributed by atoms with Crippen molar-refractivity contribution in [3.05, 3.63) is 34.9 Å². The lowest BCUT2D eigenvalue weighted by Crippen LogP contribution is -2.59. The van der Waals surface area contributed by atoms with Gasteiger partial charge in [-0.15, -0.1) is 0 Å². The first-order chi connectivity index (χ1) is 13.8. The topological polar surface area (TPSA) is 79.0 Å². The third-order valence-corrected chi connectivity index (χ3v) is 6.63.